The fourth-order valence-electron chi connectivity index (χ4n) is 7.34. The predicted octanol–water partition coefficient (Wildman–Crippen LogP) is 3.78. The van der Waals surface area contributed by atoms with E-state index in [1.165, 1.54) is 21.8 Å². The lowest BCUT2D eigenvalue weighted by Crippen LogP contribution is -2.40. The molecule has 58 heavy (non-hydrogen) atoms. The van der Waals surface area contributed by atoms with Crippen molar-refractivity contribution in [1.82, 2.24) is 39.3 Å². The Hall–Kier alpha value is -6.52. The number of fused-ring (bicyclic) bond motifs is 1. The number of hydrogen-bond donors (Lipinski definition) is 3. The summed E-state index contributed by atoms with van der Waals surface area (Å²) in [7, 11) is 3.42. The molecule has 0 aliphatic heterocycles. The lowest BCUT2D eigenvalue weighted by molar-refractivity contribution is -0.131. The van der Waals surface area contributed by atoms with Crippen molar-refractivity contribution < 1.29 is 28.2 Å². The number of anilines is 3. The number of halogens is 1. The number of carbonyl (C=O) groups is 3. The number of nitrogens with zero attached hydrogens (tertiary/aromatic N) is 8. The van der Waals surface area contributed by atoms with Crippen LogP contribution in [0.4, 0.5) is 21.7 Å². The second-order valence-electron chi connectivity index (χ2n) is 15.2. The van der Waals surface area contributed by atoms with Crippen LogP contribution in [-0.2, 0) is 33.9 Å². The Morgan fingerprint density at radius 1 is 0.862 bits per heavy atom. The van der Waals surface area contributed by atoms with Crippen LogP contribution in [0, 0.1) is 24.1 Å². The molecular formula is C41H48FN11O5. The van der Waals surface area contributed by atoms with Crippen molar-refractivity contribution in [2.45, 2.75) is 51.7 Å². The maximum Gasteiger partial charge on any atom is 0.244 e. The van der Waals surface area contributed by atoms with E-state index in [1.54, 1.807) is 54.6 Å². The molecule has 4 N–H and O–H groups in total. The first-order chi connectivity index (χ1) is 27.9. The molecule has 17 heteroatoms. The third kappa shape index (κ3) is 9.70. The molecule has 0 unspecified atom stereocenters. The molecule has 304 valence electrons. The first-order valence-electron chi connectivity index (χ1n) is 19.2. The van der Waals surface area contributed by atoms with Gasteiger partial charge in [-0.05, 0) is 61.9 Å². The molecule has 8 rings (SSSR count). The number of aromatic nitrogens is 6. The van der Waals surface area contributed by atoms with Crippen LogP contribution in [-0.4, -0.2) is 103 Å². The van der Waals surface area contributed by atoms with E-state index in [9.17, 15) is 18.8 Å². The molecule has 0 spiro atoms. The standard InChI is InChI=1S/C41H48FN11O5/c1-27-4-8-32(9-5-27)57-14-12-51(3)38(55)26-53-24-31(21-46-53)47-39(56)41-17-29(18-41)36(19-41)49-40-44-22-34(42)35(48-40)16-28-6-10-33(11-7-28)58-15-13-50(2)37(54)25-52-23-30(43)20-45-52/h4-11,20-24,29,36H,12-19,25-26,43H2,1-3H3,(H,47,56)(H,44,48,49)/t29?,36-,41?/m0/s1. The van der Waals surface area contributed by atoms with Crippen LogP contribution in [0.5, 0.6) is 11.5 Å². The Balaban J connectivity index is 0.840. The van der Waals surface area contributed by atoms with Gasteiger partial charge in [-0.15, -0.1) is 0 Å². The van der Waals surface area contributed by atoms with Crippen molar-refractivity contribution in [3.05, 3.63) is 102 Å². The summed E-state index contributed by atoms with van der Waals surface area (Å²) in [4.78, 5) is 50.6. The molecule has 3 amide bonds. The Morgan fingerprint density at radius 2 is 1.47 bits per heavy atom. The van der Waals surface area contributed by atoms with Gasteiger partial charge in [0.15, 0.2) is 5.82 Å². The van der Waals surface area contributed by atoms with Gasteiger partial charge in [-0.2, -0.15) is 10.2 Å². The highest BCUT2D eigenvalue weighted by molar-refractivity contribution is 5.96. The van der Waals surface area contributed by atoms with E-state index in [-0.39, 0.29) is 54.9 Å². The van der Waals surface area contributed by atoms with E-state index in [1.807, 2.05) is 43.3 Å². The van der Waals surface area contributed by atoms with Crippen molar-refractivity contribution in [1.29, 1.82) is 0 Å². The van der Waals surface area contributed by atoms with Crippen molar-refractivity contribution in [2.75, 3.05) is 56.8 Å². The Kier molecular flexibility index (Phi) is 11.9. The third-order valence-electron chi connectivity index (χ3n) is 10.8. The maximum absolute atomic E-state index is 14.9. The molecular weight excluding hydrogens is 746 g/mol. The quantitative estimate of drug-likeness (QED) is 0.117. The number of amides is 3. The molecule has 1 atom stereocenters. The van der Waals surface area contributed by atoms with Crippen molar-refractivity contribution in [3.63, 3.8) is 0 Å². The summed E-state index contributed by atoms with van der Waals surface area (Å²) >= 11 is 0. The van der Waals surface area contributed by atoms with E-state index >= 15 is 0 Å². The largest absolute Gasteiger partial charge is 0.492 e. The van der Waals surface area contributed by atoms with Crippen LogP contribution in [0.3, 0.4) is 0 Å². The lowest BCUT2D eigenvalue weighted by atomic mass is 9.69. The van der Waals surface area contributed by atoms with Crippen molar-refractivity contribution in [2.24, 2.45) is 11.3 Å². The minimum Gasteiger partial charge on any atom is -0.492 e. The smallest absolute Gasteiger partial charge is 0.244 e. The fourth-order valence-corrected chi connectivity index (χ4v) is 7.34. The van der Waals surface area contributed by atoms with Gasteiger partial charge in [-0.1, -0.05) is 29.8 Å². The number of hydrogen-bond acceptors (Lipinski definition) is 11. The number of rotatable bonds is 18. The van der Waals surface area contributed by atoms with Gasteiger partial charge in [0.05, 0.1) is 54.2 Å². The summed E-state index contributed by atoms with van der Waals surface area (Å²) in [5.74, 6) is 1.10. The van der Waals surface area contributed by atoms with Gasteiger partial charge in [-0.3, -0.25) is 23.7 Å². The highest BCUT2D eigenvalue weighted by atomic mass is 19.1. The van der Waals surface area contributed by atoms with E-state index in [4.69, 9.17) is 15.2 Å². The van der Waals surface area contributed by atoms with Crippen molar-refractivity contribution in [3.8, 4) is 11.5 Å². The van der Waals surface area contributed by atoms with Gasteiger partial charge in [0, 0.05) is 39.0 Å². The van der Waals surface area contributed by atoms with Crippen LogP contribution >= 0.6 is 0 Å². The van der Waals surface area contributed by atoms with Crippen molar-refractivity contribution >= 4 is 35.0 Å². The predicted molar refractivity (Wildman–Crippen MR) is 213 cm³/mol. The zero-order chi connectivity index (χ0) is 40.8. The van der Waals surface area contributed by atoms with E-state index < -0.39 is 11.2 Å². The highest BCUT2D eigenvalue weighted by Crippen LogP contribution is 2.59. The second kappa shape index (κ2) is 17.3. The number of ether oxygens (including phenoxy) is 2. The van der Waals surface area contributed by atoms with Gasteiger partial charge in [0.1, 0.15) is 37.8 Å². The summed E-state index contributed by atoms with van der Waals surface area (Å²) in [5.41, 5.74) is 8.38. The van der Waals surface area contributed by atoms with Crippen LogP contribution in [0.25, 0.3) is 0 Å². The molecule has 3 heterocycles. The Labute approximate surface area is 335 Å². The average molecular weight is 794 g/mol. The number of carbonyl (C=O) groups excluding carboxylic acids is 3. The normalized spacial score (nSPS) is 17.9. The second-order valence-corrected chi connectivity index (χ2v) is 15.2. The number of nitrogens with two attached hydrogens (primary N) is 1. The summed E-state index contributed by atoms with van der Waals surface area (Å²) in [6.07, 6.45) is 9.74. The summed E-state index contributed by atoms with van der Waals surface area (Å²) in [5, 5.41) is 14.7. The van der Waals surface area contributed by atoms with Crippen LogP contribution in [0.2, 0.25) is 0 Å². The SMILES string of the molecule is Cc1ccc(OCCN(C)C(=O)Cn2cc(NC(=O)C34CC(C3)[C@@H](Nc3ncc(F)c(Cc5ccc(OCCN(C)C(=O)Cn6cc(N)cn6)cc5)n3)C4)cn2)cc1. The van der Waals surface area contributed by atoms with Crippen LogP contribution in [0.1, 0.15) is 36.1 Å². The minimum absolute atomic E-state index is 0.0314. The fraction of sp³-hybridized carbons (Fsp3) is 0.390. The molecule has 2 bridgehead atoms. The summed E-state index contributed by atoms with van der Waals surface area (Å²) in [6.45, 7) is 3.59. The van der Waals surface area contributed by atoms with Gasteiger partial charge in [0.2, 0.25) is 23.7 Å². The van der Waals surface area contributed by atoms with Gasteiger partial charge in [0.25, 0.3) is 0 Å². The number of nitrogens with one attached hydrogen (secondary N) is 2. The monoisotopic (exact) mass is 793 g/mol. The van der Waals surface area contributed by atoms with Gasteiger partial charge in [-0.25, -0.2) is 14.4 Å². The molecule has 0 saturated heterocycles. The molecule has 3 aromatic heterocycles. The minimum atomic E-state index is -0.537. The van der Waals surface area contributed by atoms with Crippen LogP contribution < -0.4 is 25.8 Å². The summed E-state index contributed by atoms with van der Waals surface area (Å²) in [6, 6.07) is 15.0. The van der Waals surface area contributed by atoms with E-state index in [2.05, 4.69) is 30.8 Å². The van der Waals surface area contributed by atoms with E-state index in [0.29, 0.717) is 68.6 Å². The number of aryl methyl sites for hydroxylation is 1. The zero-order valence-corrected chi connectivity index (χ0v) is 32.8. The molecule has 3 aliphatic rings. The number of benzene rings is 2. The number of nitrogen functional groups attached to an aromatic ring is 1. The highest BCUT2D eigenvalue weighted by Gasteiger charge is 2.60. The first kappa shape index (κ1) is 39.7. The zero-order valence-electron chi connectivity index (χ0n) is 32.8. The molecule has 0 radical (unpaired) electrons. The molecule has 3 aliphatic carbocycles. The maximum atomic E-state index is 14.9. The molecule has 3 fully saturated rings. The van der Waals surface area contributed by atoms with E-state index in [0.717, 1.165) is 16.9 Å². The third-order valence-corrected chi connectivity index (χ3v) is 10.8. The lowest BCUT2D eigenvalue weighted by Gasteiger charge is -2.36. The summed E-state index contributed by atoms with van der Waals surface area (Å²) < 4.78 is 29.4. The molecule has 3 saturated carbocycles. The molecule has 5 aromatic rings. The Bertz CT molecular complexity index is 2220. The van der Waals surface area contributed by atoms with Crippen LogP contribution in [0.15, 0.2) is 79.5 Å². The Morgan fingerprint density at radius 3 is 2.09 bits per heavy atom. The number of likely N-dealkylation sites (N-methyl/N-ethyl adjacent to an activating group) is 2. The molecule has 16 nitrogen and oxygen atoms in total. The van der Waals surface area contributed by atoms with Gasteiger partial charge < -0.3 is 35.6 Å². The topological polar surface area (TPSA) is 188 Å². The average Bonchev–Trinajstić information content (AvgIpc) is 3.98. The first-order valence-corrected chi connectivity index (χ1v) is 19.2. The molecule has 2 aromatic carbocycles. The van der Waals surface area contributed by atoms with Gasteiger partial charge >= 0.3 is 0 Å².